The van der Waals surface area contributed by atoms with Crippen molar-refractivity contribution < 1.29 is 4.79 Å². The van der Waals surface area contributed by atoms with Crippen LogP contribution in [0, 0.1) is 34.6 Å². The second-order valence-electron chi connectivity index (χ2n) is 4.93. The standard InChI is InChI=1S/C16H18OS/c1-9-6-12(4)14(7-10(9)2)16(17)15-8-11(3)13(5)18-15/h6-8H,1-5H3. The molecule has 0 aliphatic carbocycles. The number of rotatable bonds is 2. The fourth-order valence-electron chi connectivity index (χ4n) is 2.02. The highest BCUT2D eigenvalue weighted by Gasteiger charge is 2.15. The first-order chi connectivity index (χ1) is 8.40. The van der Waals surface area contributed by atoms with Gasteiger partial charge in [-0.3, -0.25) is 4.79 Å². The first kappa shape index (κ1) is 13.0. The van der Waals surface area contributed by atoms with Gasteiger partial charge in [0.15, 0.2) is 0 Å². The molecule has 0 fully saturated rings. The molecule has 0 radical (unpaired) electrons. The zero-order valence-electron chi connectivity index (χ0n) is 11.5. The SMILES string of the molecule is Cc1cc(C)c(C(=O)c2cc(C)c(C)s2)cc1C. The van der Waals surface area contributed by atoms with Crippen molar-refractivity contribution in [1.29, 1.82) is 0 Å². The molecule has 0 aliphatic rings. The van der Waals surface area contributed by atoms with Crippen LogP contribution in [0.25, 0.3) is 0 Å². The largest absolute Gasteiger partial charge is 0.288 e. The molecule has 1 nitrogen and oxygen atoms in total. The predicted octanol–water partition coefficient (Wildman–Crippen LogP) is 4.52. The summed E-state index contributed by atoms with van der Waals surface area (Å²) >= 11 is 1.59. The monoisotopic (exact) mass is 258 g/mol. The molecule has 0 amide bonds. The number of aryl methyl sites for hydroxylation is 5. The minimum absolute atomic E-state index is 0.150. The van der Waals surface area contributed by atoms with Crippen LogP contribution in [0.5, 0.6) is 0 Å². The predicted molar refractivity (Wildman–Crippen MR) is 77.9 cm³/mol. The lowest BCUT2D eigenvalue weighted by atomic mass is 9.97. The first-order valence-corrected chi connectivity index (χ1v) is 6.91. The van der Waals surface area contributed by atoms with E-state index in [1.54, 1.807) is 11.3 Å². The number of ketones is 1. The number of carbonyl (C=O) groups is 1. The van der Waals surface area contributed by atoms with Gasteiger partial charge in [-0.25, -0.2) is 0 Å². The molecule has 2 aromatic rings. The highest BCUT2D eigenvalue weighted by Crippen LogP contribution is 2.25. The summed E-state index contributed by atoms with van der Waals surface area (Å²) in [5.41, 5.74) is 5.51. The van der Waals surface area contributed by atoms with E-state index >= 15 is 0 Å². The van der Waals surface area contributed by atoms with E-state index in [1.165, 1.54) is 21.6 Å². The number of benzene rings is 1. The van der Waals surface area contributed by atoms with E-state index in [9.17, 15) is 4.79 Å². The molecular formula is C16H18OS. The Hall–Kier alpha value is -1.41. The zero-order chi connectivity index (χ0) is 13.4. The maximum Gasteiger partial charge on any atom is 0.203 e. The van der Waals surface area contributed by atoms with Gasteiger partial charge in [0.1, 0.15) is 0 Å². The summed E-state index contributed by atoms with van der Waals surface area (Å²) in [6.45, 7) is 10.2. The van der Waals surface area contributed by atoms with Crippen LogP contribution in [0.3, 0.4) is 0 Å². The van der Waals surface area contributed by atoms with Crippen molar-refractivity contribution >= 4 is 17.1 Å². The van der Waals surface area contributed by atoms with Gasteiger partial charge in [0.2, 0.25) is 5.78 Å². The van der Waals surface area contributed by atoms with E-state index in [2.05, 4.69) is 33.8 Å². The fraction of sp³-hybridized carbons (Fsp3) is 0.312. The zero-order valence-corrected chi connectivity index (χ0v) is 12.4. The lowest BCUT2D eigenvalue weighted by Crippen LogP contribution is -2.03. The summed E-state index contributed by atoms with van der Waals surface area (Å²) in [6.07, 6.45) is 0. The molecular weight excluding hydrogens is 240 g/mol. The Balaban J connectivity index is 2.49. The van der Waals surface area contributed by atoms with E-state index in [0.29, 0.717) is 0 Å². The molecule has 2 rings (SSSR count). The van der Waals surface area contributed by atoms with Gasteiger partial charge in [-0.05, 0) is 69.0 Å². The molecule has 0 saturated heterocycles. The van der Waals surface area contributed by atoms with Crippen LogP contribution in [-0.4, -0.2) is 5.78 Å². The molecule has 1 aromatic carbocycles. The van der Waals surface area contributed by atoms with E-state index in [4.69, 9.17) is 0 Å². The molecule has 0 spiro atoms. The summed E-state index contributed by atoms with van der Waals surface area (Å²) in [6, 6.07) is 6.10. The Kier molecular flexibility index (Phi) is 3.40. The lowest BCUT2D eigenvalue weighted by molar-refractivity contribution is 0.104. The molecule has 1 aromatic heterocycles. The number of carbonyl (C=O) groups excluding carboxylic acids is 1. The van der Waals surface area contributed by atoms with Crippen molar-refractivity contribution in [2.45, 2.75) is 34.6 Å². The molecule has 0 aliphatic heterocycles. The molecule has 0 bridgehead atoms. The van der Waals surface area contributed by atoms with Crippen LogP contribution in [0.15, 0.2) is 18.2 Å². The number of thiophene rings is 1. The second kappa shape index (κ2) is 4.69. The normalized spacial score (nSPS) is 10.7. The summed E-state index contributed by atoms with van der Waals surface area (Å²) in [5.74, 6) is 0.150. The molecule has 1 heterocycles. The van der Waals surface area contributed by atoms with Crippen molar-refractivity contribution in [3.8, 4) is 0 Å². The van der Waals surface area contributed by atoms with Gasteiger partial charge in [-0.15, -0.1) is 11.3 Å². The van der Waals surface area contributed by atoms with Crippen LogP contribution in [-0.2, 0) is 0 Å². The van der Waals surface area contributed by atoms with Crippen LogP contribution in [0.1, 0.15) is 42.4 Å². The molecule has 0 N–H and O–H groups in total. The topological polar surface area (TPSA) is 17.1 Å². The Morgan fingerprint density at radius 2 is 1.44 bits per heavy atom. The lowest BCUT2D eigenvalue weighted by Gasteiger charge is -2.07. The highest BCUT2D eigenvalue weighted by atomic mass is 32.1. The molecule has 2 heteroatoms. The Bertz CT molecular complexity index is 601. The van der Waals surface area contributed by atoms with Gasteiger partial charge in [-0.1, -0.05) is 6.07 Å². The van der Waals surface area contributed by atoms with Gasteiger partial charge in [0.25, 0.3) is 0 Å². The maximum absolute atomic E-state index is 12.5. The van der Waals surface area contributed by atoms with Gasteiger partial charge < -0.3 is 0 Å². The van der Waals surface area contributed by atoms with E-state index < -0.39 is 0 Å². The van der Waals surface area contributed by atoms with Crippen molar-refractivity contribution in [1.82, 2.24) is 0 Å². The smallest absolute Gasteiger partial charge is 0.203 e. The van der Waals surface area contributed by atoms with Gasteiger partial charge in [-0.2, -0.15) is 0 Å². The van der Waals surface area contributed by atoms with Gasteiger partial charge in [0, 0.05) is 10.4 Å². The van der Waals surface area contributed by atoms with E-state index in [-0.39, 0.29) is 5.78 Å². The number of hydrogen-bond acceptors (Lipinski definition) is 2. The van der Waals surface area contributed by atoms with Crippen LogP contribution < -0.4 is 0 Å². The highest BCUT2D eigenvalue weighted by molar-refractivity contribution is 7.14. The quantitative estimate of drug-likeness (QED) is 0.724. The fourth-order valence-corrected chi connectivity index (χ4v) is 3.01. The second-order valence-corrected chi connectivity index (χ2v) is 6.19. The van der Waals surface area contributed by atoms with Crippen LogP contribution >= 0.6 is 11.3 Å². The molecule has 18 heavy (non-hydrogen) atoms. The van der Waals surface area contributed by atoms with Crippen molar-refractivity contribution in [2.75, 3.05) is 0 Å². The molecule has 0 saturated carbocycles. The number of hydrogen-bond donors (Lipinski definition) is 0. The van der Waals surface area contributed by atoms with Crippen molar-refractivity contribution in [2.24, 2.45) is 0 Å². The Labute approximate surface area is 112 Å². The minimum atomic E-state index is 0.150. The molecule has 0 atom stereocenters. The maximum atomic E-state index is 12.5. The van der Waals surface area contributed by atoms with E-state index in [0.717, 1.165) is 16.0 Å². The van der Waals surface area contributed by atoms with Gasteiger partial charge >= 0.3 is 0 Å². The average Bonchev–Trinajstić information content (AvgIpc) is 2.63. The Morgan fingerprint density at radius 1 is 0.833 bits per heavy atom. The summed E-state index contributed by atoms with van der Waals surface area (Å²) in [4.78, 5) is 14.6. The van der Waals surface area contributed by atoms with Crippen LogP contribution in [0.4, 0.5) is 0 Å². The minimum Gasteiger partial charge on any atom is -0.288 e. The summed E-state index contributed by atoms with van der Waals surface area (Å²) in [5, 5.41) is 0. The first-order valence-electron chi connectivity index (χ1n) is 6.09. The van der Waals surface area contributed by atoms with Crippen molar-refractivity contribution in [3.63, 3.8) is 0 Å². The van der Waals surface area contributed by atoms with Gasteiger partial charge in [0.05, 0.1) is 4.88 Å². The third-order valence-electron chi connectivity index (χ3n) is 3.48. The third-order valence-corrected chi connectivity index (χ3v) is 4.63. The van der Waals surface area contributed by atoms with E-state index in [1.807, 2.05) is 19.1 Å². The van der Waals surface area contributed by atoms with Crippen LogP contribution in [0.2, 0.25) is 0 Å². The Morgan fingerprint density at radius 3 is 2.00 bits per heavy atom. The summed E-state index contributed by atoms with van der Waals surface area (Å²) in [7, 11) is 0. The molecule has 0 unspecified atom stereocenters. The average molecular weight is 258 g/mol. The molecule has 94 valence electrons. The summed E-state index contributed by atoms with van der Waals surface area (Å²) < 4.78 is 0. The third kappa shape index (κ3) is 2.25. The van der Waals surface area contributed by atoms with Crippen molar-refractivity contribution in [3.05, 3.63) is 55.8 Å².